The second-order valence-electron chi connectivity index (χ2n) is 7.69. The molecule has 1 spiro atoms. The lowest BCUT2D eigenvalue weighted by atomic mass is 9.73. The Morgan fingerprint density at radius 1 is 1.31 bits per heavy atom. The Labute approximate surface area is 158 Å². The van der Waals surface area contributed by atoms with Crippen LogP contribution in [0.4, 0.5) is 0 Å². The van der Waals surface area contributed by atoms with Crippen molar-refractivity contribution in [1.29, 1.82) is 0 Å². The Balaban J connectivity index is 1.42. The maximum absolute atomic E-state index is 12.4. The first-order valence-electron chi connectivity index (χ1n) is 9.63. The zero-order valence-electron chi connectivity index (χ0n) is 15.4. The molecule has 0 atom stereocenters. The van der Waals surface area contributed by atoms with Crippen molar-refractivity contribution in [3.63, 3.8) is 0 Å². The summed E-state index contributed by atoms with van der Waals surface area (Å²) in [6, 6.07) is 2.22. The van der Waals surface area contributed by atoms with E-state index < -0.39 is 0 Å². The molecular formula is C19H27N5OS. The Kier molecular flexibility index (Phi) is 5.09. The Morgan fingerprint density at radius 2 is 2.15 bits per heavy atom. The number of fused-ring (bicyclic) bond motifs is 1. The van der Waals surface area contributed by atoms with Gasteiger partial charge in [0.1, 0.15) is 5.82 Å². The van der Waals surface area contributed by atoms with E-state index >= 15 is 0 Å². The summed E-state index contributed by atoms with van der Waals surface area (Å²) in [5, 5.41) is 15.8. The second kappa shape index (κ2) is 7.48. The molecule has 2 aromatic rings. The van der Waals surface area contributed by atoms with Gasteiger partial charge in [-0.2, -0.15) is 11.3 Å². The third-order valence-corrected chi connectivity index (χ3v) is 6.57. The highest BCUT2D eigenvalue weighted by molar-refractivity contribution is 7.07. The minimum absolute atomic E-state index is 0.0856. The third kappa shape index (κ3) is 3.55. The number of carbonyl (C=O) groups is 1. The molecule has 0 aliphatic carbocycles. The fraction of sp³-hybridized carbons (Fsp3) is 0.632. The predicted octanol–water partition coefficient (Wildman–Crippen LogP) is 2.71. The van der Waals surface area contributed by atoms with Gasteiger partial charge in [-0.3, -0.25) is 9.69 Å². The van der Waals surface area contributed by atoms with Gasteiger partial charge in [0.05, 0.1) is 0 Å². The zero-order valence-corrected chi connectivity index (χ0v) is 16.2. The van der Waals surface area contributed by atoms with Crippen molar-refractivity contribution < 1.29 is 4.79 Å². The number of rotatable bonds is 5. The number of likely N-dealkylation sites (tertiary alicyclic amines) is 1. The van der Waals surface area contributed by atoms with E-state index in [1.165, 1.54) is 18.4 Å². The minimum atomic E-state index is -0.0856. The molecule has 0 saturated carbocycles. The fourth-order valence-corrected chi connectivity index (χ4v) is 4.86. The number of nitrogens with zero attached hydrogens (tertiary/aromatic N) is 4. The number of piperidine rings is 1. The van der Waals surface area contributed by atoms with Crippen LogP contribution in [-0.4, -0.2) is 45.2 Å². The highest BCUT2D eigenvalue weighted by atomic mass is 32.1. The average molecular weight is 374 g/mol. The lowest BCUT2D eigenvalue weighted by Crippen LogP contribution is -2.44. The molecule has 2 aliphatic heterocycles. The van der Waals surface area contributed by atoms with Gasteiger partial charge in [-0.25, -0.2) is 0 Å². The molecular weight excluding hydrogens is 346 g/mol. The highest BCUT2D eigenvalue weighted by Gasteiger charge is 2.39. The number of thiophene rings is 1. The second-order valence-corrected chi connectivity index (χ2v) is 8.47. The molecule has 0 radical (unpaired) electrons. The molecule has 1 saturated heterocycles. The van der Waals surface area contributed by atoms with Crippen LogP contribution in [0.1, 0.15) is 54.6 Å². The summed E-state index contributed by atoms with van der Waals surface area (Å²) < 4.78 is 2.09. The maximum atomic E-state index is 12.4. The minimum Gasteiger partial charge on any atom is -0.349 e. The Bertz CT molecular complexity index is 746. The number of hydrogen-bond donors (Lipinski definition) is 1. The number of amides is 1. The number of aryl methyl sites for hydroxylation is 1. The van der Waals surface area contributed by atoms with E-state index in [4.69, 9.17) is 0 Å². The van der Waals surface area contributed by atoms with Crippen LogP contribution in [-0.2, 0) is 19.5 Å². The van der Waals surface area contributed by atoms with Crippen molar-refractivity contribution in [2.45, 2.75) is 52.1 Å². The summed E-state index contributed by atoms with van der Waals surface area (Å²) in [5.41, 5.74) is 1.71. The maximum Gasteiger partial charge on any atom is 0.289 e. The van der Waals surface area contributed by atoms with Gasteiger partial charge in [-0.05, 0) is 66.6 Å². The molecule has 1 fully saturated rings. The molecule has 4 rings (SSSR count). The standard InChI is InChI=1S/C19H27N5OS/c1-2-8-20-18(25)17-22-21-16-3-5-19(14-24(16)17)6-9-23(10-7-19)12-15-4-11-26-13-15/h4,11,13H,2-3,5-10,12,14H2,1H3,(H,20,25). The first kappa shape index (κ1) is 17.7. The van der Waals surface area contributed by atoms with Crippen molar-refractivity contribution in [3.8, 4) is 0 Å². The van der Waals surface area contributed by atoms with Crippen molar-refractivity contribution in [2.24, 2.45) is 5.41 Å². The van der Waals surface area contributed by atoms with E-state index in [0.29, 0.717) is 17.8 Å². The van der Waals surface area contributed by atoms with Gasteiger partial charge in [0, 0.05) is 26.1 Å². The van der Waals surface area contributed by atoms with Gasteiger partial charge in [-0.15, -0.1) is 10.2 Å². The van der Waals surface area contributed by atoms with Crippen molar-refractivity contribution in [2.75, 3.05) is 19.6 Å². The summed E-state index contributed by atoms with van der Waals surface area (Å²) in [5.74, 6) is 1.38. The molecule has 4 heterocycles. The molecule has 0 aromatic carbocycles. The van der Waals surface area contributed by atoms with Gasteiger partial charge in [0.25, 0.3) is 5.91 Å². The van der Waals surface area contributed by atoms with Crippen LogP contribution < -0.4 is 5.32 Å². The third-order valence-electron chi connectivity index (χ3n) is 5.84. The number of hydrogen-bond acceptors (Lipinski definition) is 5. The van der Waals surface area contributed by atoms with E-state index in [1.807, 2.05) is 0 Å². The smallest absolute Gasteiger partial charge is 0.289 e. The van der Waals surface area contributed by atoms with Crippen LogP contribution in [0.15, 0.2) is 16.8 Å². The zero-order chi connectivity index (χ0) is 18.0. The summed E-state index contributed by atoms with van der Waals surface area (Å²) in [6.45, 7) is 6.94. The molecule has 1 amide bonds. The van der Waals surface area contributed by atoms with Gasteiger partial charge in [-0.1, -0.05) is 6.92 Å². The summed E-state index contributed by atoms with van der Waals surface area (Å²) >= 11 is 1.77. The van der Waals surface area contributed by atoms with Crippen LogP contribution in [0.5, 0.6) is 0 Å². The molecule has 6 nitrogen and oxygen atoms in total. The molecule has 7 heteroatoms. The highest BCUT2D eigenvalue weighted by Crippen LogP contribution is 2.41. The van der Waals surface area contributed by atoms with Crippen molar-refractivity contribution >= 4 is 17.2 Å². The van der Waals surface area contributed by atoms with Gasteiger partial charge >= 0.3 is 0 Å². The van der Waals surface area contributed by atoms with Gasteiger partial charge in [0.2, 0.25) is 5.82 Å². The average Bonchev–Trinajstić information content (AvgIpc) is 3.31. The Morgan fingerprint density at radius 3 is 2.88 bits per heavy atom. The lowest BCUT2D eigenvalue weighted by Gasteiger charge is -2.44. The Hall–Kier alpha value is -1.73. The van der Waals surface area contributed by atoms with E-state index in [1.54, 1.807) is 11.3 Å². The van der Waals surface area contributed by atoms with Crippen LogP contribution in [0, 0.1) is 5.41 Å². The molecule has 140 valence electrons. The largest absolute Gasteiger partial charge is 0.349 e. The molecule has 2 aliphatic rings. The van der Waals surface area contributed by atoms with Crippen molar-refractivity contribution in [1.82, 2.24) is 25.0 Å². The van der Waals surface area contributed by atoms with Crippen LogP contribution in [0.25, 0.3) is 0 Å². The monoisotopic (exact) mass is 373 g/mol. The summed E-state index contributed by atoms with van der Waals surface area (Å²) in [7, 11) is 0. The first-order chi connectivity index (χ1) is 12.7. The van der Waals surface area contributed by atoms with E-state index in [-0.39, 0.29) is 5.91 Å². The van der Waals surface area contributed by atoms with E-state index in [9.17, 15) is 4.79 Å². The quantitative estimate of drug-likeness (QED) is 0.875. The van der Waals surface area contributed by atoms with Crippen LogP contribution >= 0.6 is 11.3 Å². The first-order valence-corrected chi connectivity index (χ1v) is 10.6. The number of carbonyl (C=O) groups excluding carboxylic acids is 1. The number of aromatic nitrogens is 3. The van der Waals surface area contributed by atoms with E-state index in [0.717, 1.165) is 51.3 Å². The molecule has 0 bridgehead atoms. The predicted molar refractivity (Wildman–Crippen MR) is 102 cm³/mol. The molecule has 0 unspecified atom stereocenters. The fourth-order valence-electron chi connectivity index (χ4n) is 4.20. The van der Waals surface area contributed by atoms with Gasteiger partial charge in [0.15, 0.2) is 0 Å². The molecule has 26 heavy (non-hydrogen) atoms. The van der Waals surface area contributed by atoms with Crippen LogP contribution in [0.2, 0.25) is 0 Å². The molecule has 1 N–H and O–H groups in total. The topological polar surface area (TPSA) is 63.1 Å². The summed E-state index contributed by atoms with van der Waals surface area (Å²) in [4.78, 5) is 15.0. The lowest BCUT2D eigenvalue weighted by molar-refractivity contribution is 0.0618. The summed E-state index contributed by atoms with van der Waals surface area (Å²) in [6.07, 6.45) is 5.39. The van der Waals surface area contributed by atoms with Crippen molar-refractivity contribution in [3.05, 3.63) is 34.0 Å². The normalized spacial score (nSPS) is 19.4. The molecule has 2 aromatic heterocycles. The van der Waals surface area contributed by atoms with Gasteiger partial charge < -0.3 is 9.88 Å². The number of nitrogens with one attached hydrogen (secondary N) is 1. The van der Waals surface area contributed by atoms with E-state index in [2.05, 4.69) is 48.7 Å². The SMILES string of the molecule is CCCNC(=O)c1nnc2n1CC1(CC2)CCN(Cc2ccsc2)CC1. The van der Waals surface area contributed by atoms with Crippen LogP contribution in [0.3, 0.4) is 0 Å².